The van der Waals surface area contributed by atoms with Gasteiger partial charge in [-0.2, -0.15) is 5.10 Å². The van der Waals surface area contributed by atoms with E-state index in [0.29, 0.717) is 24.8 Å². The lowest BCUT2D eigenvalue weighted by molar-refractivity contribution is -0.274. The van der Waals surface area contributed by atoms with Crippen molar-refractivity contribution in [3.63, 3.8) is 0 Å². The van der Waals surface area contributed by atoms with Gasteiger partial charge in [0.25, 0.3) is 0 Å². The van der Waals surface area contributed by atoms with Crippen molar-refractivity contribution in [2.45, 2.75) is 70.4 Å². The van der Waals surface area contributed by atoms with Crippen molar-refractivity contribution in [3.8, 4) is 11.4 Å². The number of ether oxygens (including phenoxy) is 4. The molecule has 1 unspecified atom stereocenters. The predicted molar refractivity (Wildman–Crippen MR) is 120 cm³/mol. The molecule has 0 bridgehead atoms. The maximum absolute atomic E-state index is 12.4. The average molecular weight is 483 g/mol. The molecule has 188 valence electrons. The Balaban J connectivity index is 1.28. The molecule has 6 nitrogen and oxygen atoms in total. The minimum Gasteiger partial charge on any atom is -0.406 e. The number of hydrogen-bond acceptors (Lipinski definition) is 5. The number of aryl methyl sites for hydroxylation is 1. The molecule has 4 rings (SSSR count). The molecule has 0 N–H and O–H groups in total. The topological polar surface area (TPSA) is 54.7 Å². The zero-order valence-corrected chi connectivity index (χ0v) is 19.6. The number of nitrogens with zero attached hydrogens (tertiary/aromatic N) is 2. The molecule has 0 spiro atoms. The molecule has 2 fully saturated rings. The minimum atomic E-state index is -4.71. The number of halogens is 3. The minimum absolute atomic E-state index is 0.0195. The third-order valence-corrected chi connectivity index (χ3v) is 6.47. The molecule has 0 amide bonds. The van der Waals surface area contributed by atoms with Gasteiger partial charge in [0.1, 0.15) is 5.75 Å². The van der Waals surface area contributed by atoms with E-state index < -0.39 is 6.36 Å². The van der Waals surface area contributed by atoms with E-state index in [1.54, 1.807) is 16.8 Å². The van der Waals surface area contributed by atoms with Crippen molar-refractivity contribution >= 4 is 0 Å². The molecule has 3 heterocycles. The lowest BCUT2D eigenvalue weighted by Crippen LogP contribution is -2.31. The highest BCUT2D eigenvalue weighted by atomic mass is 19.4. The monoisotopic (exact) mass is 482 g/mol. The van der Waals surface area contributed by atoms with Crippen molar-refractivity contribution in [2.75, 3.05) is 26.4 Å². The van der Waals surface area contributed by atoms with Crippen LogP contribution in [0.3, 0.4) is 0 Å². The normalized spacial score (nSPS) is 24.8. The molecular weight excluding hydrogens is 449 g/mol. The standard InChI is InChI=1S/C25H33F3N2O4/c1-18-15-23(29-30(18)21-8-10-22(11-9-21)34-25(26,27)28)20-16-32-24(33-17-20)12-7-19-5-2-3-13-31-14-4-6-19/h8-11,15,19-20,24H,2-7,12-14,16-17H2,1H3. The fourth-order valence-corrected chi connectivity index (χ4v) is 4.65. The molecule has 0 saturated carbocycles. The number of alkyl halides is 3. The number of aromatic nitrogens is 2. The van der Waals surface area contributed by atoms with Gasteiger partial charge in [-0.1, -0.05) is 12.8 Å². The van der Waals surface area contributed by atoms with E-state index in [0.717, 1.165) is 50.3 Å². The van der Waals surface area contributed by atoms with Crippen LogP contribution in [-0.4, -0.2) is 48.9 Å². The van der Waals surface area contributed by atoms with Crippen LogP contribution in [0, 0.1) is 12.8 Å². The van der Waals surface area contributed by atoms with E-state index in [1.807, 2.05) is 13.0 Å². The molecule has 2 saturated heterocycles. The molecule has 1 aromatic heterocycles. The summed E-state index contributed by atoms with van der Waals surface area (Å²) in [6.45, 7) is 4.74. The first-order valence-corrected chi connectivity index (χ1v) is 12.1. The lowest BCUT2D eigenvalue weighted by Gasteiger charge is -2.29. The number of benzene rings is 1. The Kier molecular flexibility index (Phi) is 8.50. The smallest absolute Gasteiger partial charge is 0.406 e. The van der Waals surface area contributed by atoms with Crippen LogP contribution in [0.25, 0.3) is 5.69 Å². The Hall–Kier alpha value is -2.10. The van der Waals surface area contributed by atoms with Crippen LogP contribution >= 0.6 is 0 Å². The van der Waals surface area contributed by atoms with Gasteiger partial charge in [-0.3, -0.25) is 0 Å². The molecule has 1 atom stereocenters. The van der Waals surface area contributed by atoms with E-state index in [-0.39, 0.29) is 18.0 Å². The maximum Gasteiger partial charge on any atom is 0.573 e. The molecule has 34 heavy (non-hydrogen) atoms. The Morgan fingerprint density at radius 3 is 2.44 bits per heavy atom. The molecule has 0 radical (unpaired) electrons. The molecule has 0 aliphatic carbocycles. The molecule has 2 aliphatic rings. The van der Waals surface area contributed by atoms with Crippen molar-refractivity contribution in [1.82, 2.24) is 9.78 Å². The predicted octanol–water partition coefficient (Wildman–Crippen LogP) is 5.91. The largest absolute Gasteiger partial charge is 0.573 e. The van der Waals surface area contributed by atoms with E-state index in [4.69, 9.17) is 14.2 Å². The highest BCUT2D eigenvalue weighted by molar-refractivity contribution is 5.38. The fourth-order valence-electron chi connectivity index (χ4n) is 4.65. The van der Waals surface area contributed by atoms with Gasteiger partial charge in [-0.25, -0.2) is 4.68 Å². The van der Waals surface area contributed by atoms with Gasteiger partial charge >= 0.3 is 6.36 Å². The van der Waals surface area contributed by atoms with Gasteiger partial charge in [0.05, 0.1) is 30.5 Å². The first-order chi connectivity index (χ1) is 16.4. The summed E-state index contributed by atoms with van der Waals surface area (Å²) >= 11 is 0. The molecular formula is C25H33F3N2O4. The fraction of sp³-hybridized carbons (Fsp3) is 0.640. The van der Waals surface area contributed by atoms with Gasteiger partial charge in [0, 0.05) is 18.9 Å². The van der Waals surface area contributed by atoms with Crippen LogP contribution in [0.2, 0.25) is 0 Å². The number of hydrogen-bond donors (Lipinski definition) is 0. The van der Waals surface area contributed by atoms with Crippen LogP contribution in [0.1, 0.15) is 62.3 Å². The van der Waals surface area contributed by atoms with E-state index in [2.05, 4.69) is 9.84 Å². The first kappa shape index (κ1) is 25.0. The molecule has 2 aliphatic heterocycles. The van der Waals surface area contributed by atoms with Crippen molar-refractivity contribution in [3.05, 3.63) is 41.7 Å². The Bertz CT molecular complexity index is 883. The summed E-state index contributed by atoms with van der Waals surface area (Å²) in [5, 5.41) is 4.66. The quantitative estimate of drug-likeness (QED) is 0.512. The second kappa shape index (κ2) is 11.6. The van der Waals surface area contributed by atoms with Gasteiger partial charge in [0.2, 0.25) is 0 Å². The second-order valence-corrected chi connectivity index (χ2v) is 9.15. The van der Waals surface area contributed by atoms with E-state index in [1.165, 1.54) is 31.4 Å². The maximum atomic E-state index is 12.4. The highest BCUT2D eigenvalue weighted by Gasteiger charge is 2.31. The third-order valence-electron chi connectivity index (χ3n) is 6.47. The zero-order chi connectivity index (χ0) is 24.0. The van der Waals surface area contributed by atoms with Crippen LogP contribution in [0.5, 0.6) is 5.75 Å². The third kappa shape index (κ3) is 7.20. The van der Waals surface area contributed by atoms with Crippen molar-refractivity contribution in [2.24, 2.45) is 5.92 Å². The van der Waals surface area contributed by atoms with E-state index in [9.17, 15) is 13.2 Å². The highest BCUT2D eigenvalue weighted by Crippen LogP contribution is 2.29. The molecule has 2 aromatic rings. The van der Waals surface area contributed by atoms with Crippen LogP contribution in [-0.2, 0) is 14.2 Å². The Morgan fingerprint density at radius 2 is 1.71 bits per heavy atom. The molecule has 1 aromatic carbocycles. The summed E-state index contributed by atoms with van der Waals surface area (Å²) in [4.78, 5) is 0. The summed E-state index contributed by atoms with van der Waals surface area (Å²) in [6, 6.07) is 7.64. The number of rotatable bonds is 6. The summed E-state index contributed by atoms with van der Waals surface area (Å²) < 4.78 is 60.4. The van der Waals surface area contributed by atoms with Crippen molar-refractivity contribution < 1.29 is 32.1 Å². The summed E-state index contributed by atoms with van der Waals surface area (Å²) in [7, 11) is 0. The average Bonchev–Trinajstić information content (AvgIpc) is 3.25. The van der Waals surface area contributed by atoms with Gasteiger partial charge in [0.15, 0.2) is 6.29 Å². The summed E-state index contributed by atoms with van der Waals surface area (Å²) in [5.74, 6) is 0.466. The second-order valence-electron chi connectivity index (χ2n) is 9.15. The van der Waals surface area contributed by atoms with E-state index >= 15 is 0 Å². The van der Waals surface area contributed by atoms with Gasteiger partial charge in [-0.15, -0.1) is 13.2 Å². The lowest BCUT2D eigenvalue weighted by atomic mass is 9.92. The first-order valence-electron chi connectivity index (χ1n) is 12.1. The summed E-state index contributed by atoms with van der Waals surface area (Å²) in [5.41, 5.74) is 2.39. The van der Waals surface area contributed by atoms with Crippen LogP contribution < -0.4 is 4.74 Å². The van der Waals surface area contributed by atoms with Crippen molar-refractivity contribution in [1.29, 1.82) is 0 Å². The van der Waals surface area contributed by atoms with Crippen LogP contribution in [0.15, 0.2) is 30.3 Å². The SMILES string of the molecule is Cc1cc(C2COC(CCC3CCCCOCCC3)OC2)nn1-c1ccc(OC(F)(F)F)cc1. The van der Waals surface area contributed by atoms with Gasteiger partial charge in [-0.05, 0) is 75.3 Å². The Labute approximate surface area is 198 Å². The Morgan fingerprint density at radius 1 is 1.00 bits per heavy atom. The van der Waals surface area contributed by atoms with Gasteiger partial charge < -0.3 is 18.9 Å². The van der Waals surface area contributed by atoms with Crippen LogP contribution in [0.4, 0.5) is 13.2 Å². The molecule has 9 heteroatoms. The summed E-state index contributed by atoms with van der Waals surface area (Å²) in [6.07, 6.45) is 3.07. The zero-order valence-electron chi connectivity index (χ0n) is 19.6.